The van der Waals surface area contributed by atoms with E-state index in [0.29, 0.717) is 56.2 Å². The van der Waals surface area contributed by atoms with Crippen LogP contribution in [0, 0.1) is 5.92 Å². The SMILES string of the molecule is COc1ccc(S(=O)(=O)N2CCC(C(=O)Nc3ccc(S(=O)(=O)N4CCN(C)CC4)cc3)CC2)cc1OC. The molecule has 0 radical (unpaired) electrons. The van der Waals surface area contributed by atoms with Gasteiger partial charge in [-0.15, -0.1) is 0 Å². The fourth-order valence-corrected chi connectivity index (χ4v) is 7.52. The van der Waals surface area contributed by atoms with Crippen LogP contribution >= 0.6 is 0 Å². The van der Waals surface area contributed by atoms with Gasteiger partial charge in [-0.1, -0.05) is 0 Å². The number of carbonyl (C=O) groups excluding carboxylic acids is 1. The number of piperazine rings is 1. The van der Waals surface area contributed by atoms with Crippen molar-refractivity contribution in [2.24, 2.45) is 5.92 Å². The zero-order chi connectivity index (χ0) is 27.5. The number of carbonyl (C=O) groups is 1. The molecule has 0 unspecified atom stereocenters. The average molecular weight is 567 g/mol. The van der Waals surface area contributed by atoms with Crippen molar-refractivity contribution in [3.63, 3.8) is 0 Å². The Labute approximate surface area is 224 Å². The van der Waals surface area contributed by atoms with Crippen LogP contribution < -0.4 is 14.8 Å². The van der Waals surface area contributed by atoms with Gasteiger partial charge in [0, 0.05) is 56.9 Å². The first-order chi connectivity index (χ1) is 18.1. The summed E-state index contributed by atoms with van der Waals surface area (Å²) in [5, 5.41) is 2.84. The molecular formula is C25H34N4O7S2. The van der Waals surface area contributed by atoms with Crippen molar-refractivity contribution in [1.29, 1.82) is 0 Å². The van der Waals surface area contributed by atoms with Crippen molar-refractivity contribution in [1.82, 2.24) is 13.5 Å². The summed E-state index contributed by atoms with van der Waals surface area (Å²) in [4.78, 5) is 15.2. The molecule has 2 fully saturated rings. The maximum atomic E-state index is 13.1. The Morgan fingerprint density at radius 2 is 1.29 bits per heavy atom. The van der Waals surface area contributed by atoms with E-state index in [4.69, 9.17) is 9.47 Å². The van der Waals surface area contributed by atoms with Crippen LogP contribution in [0.2, 0.25) is 0 Å². The second-order valence-electron chi connectivity index (χ2n) is 9.42. The number of anilines is 1. The number of hydrogen-bond acceptors (Lipinski definition) is 8. The minimum atomic E-state index is -3.76. The van der Waals surface area contributed by atoms with Gasteiger partial charge >= 0.3 is 0 Å². The second-order valence-corrected chi connectivity index (χ2v) is 13.3. The molecule has 2 aromatic carbocycles. The lowest BCUT2D eigenvalue weighted by molar-refractivity contribution is -0.120. The number of hydrogen-bond donors (Lipinski definition) is 1. The van der Waals surface area contributed by atoms with Crippen molar-refractivity contribution in [2.75, 3.05) is 65.9 Å². The molecule has 4 rings (SSSR count). The summed E-state index contributed by atoms with van der Waals surface area (Å²) in [6, 6.07) is 10.6. The summed E-state index contributed by atoms with van der Waals surface area (Å²) in [6.07, 6.45) is 0.739. The maximum Gasteiger partial charge on any atom is 0.243 e. The zero-order valence-electron chi connectivity index (χ0n) is 21.8. The average Bonchev–Trinajstić information content (AvgIpc) is 2.93. The van der Waals surface area contributed by atoms with Gasteiger partial charge in [0.05, 0.1) is 24.0 Å². The minimum absolute atomic E-state index is 0.102. The van der Waals surface area contributed by atoms with Crippen molar-refractivity contribution < 1.29 is 31.1 Å². The van der Waals surface area contributed by atoms with Crippen LogP contribution in [0.1, 0.15) is 12.8 Å². The van der Waals surface area contributed by atoms with Gasteiger partial charge in [0.15, 0.2) is 11.5 Å². The van der Waals surface area contributed by atoms with Gasteiger partial charge in [0.25, 0.3) is 0 Å². The van der Waals surface area contributed by atoms with Gasteiger partial charge in [0.2, 0.25) is 26.0 Å². The molecule has 38 heavy (non-hydrogen) atoms. The number of amides is 1. The summed E-state index contributed by atoms with van der Waals surface area (Å²) < 4.78 is 65.4. The van der Waals surface area contributed by atoms with E-state index in [1.807, 2.05) is 7.05 Å². The molecule has 2 saturated heterocycles. The highest BCUT2D eigenvalue weighted by molar-refractivity contribution is 7.89. The molecule has 2 aliphatic heterocycles. The van der Waals surface area contributed by atoms with Crippen molar-refractivity contribution >= 4 is 31.6 Å². The quantitative estimate of drug-likeness (QED) is 0.512. The maximum absolute atomic E-state index is 13.1. The van der Waals surface area contributed by atoms with E-state index in [2.05, 4.69) is 10.2 Å². The predicted octanol–water partition coefficient (Wildman–Crippen LogP) is 1.68. The highest BCUT2D eigenvalue weighted by Crippen LogP contribution is 2.32. The van der Waals surface area contributed by atoms with Gasteiger partial charge in [-0.05, 0) is 56.3 Å². The summed E-state index contributed by atoms with van der Waals surface area (Å²) in [7, 11) is -2.46. The Hall–Kier alpha value is -2.71. The number of methoxy groups -OCH3 is 2. The molecular weight excluding hydrogens is 532 g/mol. The summed E-state index contributed by atoms with van der Waals surface area (Å²) in [6.45, 7) is 2.66. The standard InChI is InChI=1S/C25H34N4O7S2/c1-27-14-16-29(17-15-27)37(31,32)21-6-4-20(5-7-21)26-25(30)19-10-12-28(13-11-19)38(33,34)22-8-9-23(35-2)24(18-22)36-3/h4-9,18-19H,10-17H2,1-3H3,(H,26,30). The molecule has 11 nitrogen and oxygen atoms in total. The van der Waals surface area contributed by atoms with Crippen LogP contribution in [0.4, 0.5) is 5.69 Å². The fraction of sp³-hybridized carbons (Fsp3) is 0.480. The number of ether oxygens (including phenoxy) is 2. The topological polar surface area (TPSA) is 126 Å². The Kier molecular flexibility index (Phi) is 8.62. The minimum Gasteiger partial charge on any atom is -0.493 e. The number of sulfonamides is 2. The van der Waals surface area contributed by atoms with Crippen LogP contribution in [-0.2, 0) is 24.8 Å². The lowest BCUT2D eigenvalue weighted by Crippen LogP contribution is -2.46. The molecule has 0 bridgehead atoms. The summed E-state index contributed by atoms with van der Waals surface area (Å²) in [5.41, 5.74) is 0.493. The predicted molar refractivity (Wildman–Crippen MR) is 142 cm³/mol. The monoisotopic (exact) mass is 566 g/mol. The first-order valence-corrected chi connectivity index (χ1v) is 15.3. The highest BCUT2D eigenvalue weighted by atomic mass is 32.2. The molecule has 0 aromatic heterocycles. The Bertz CT molecular complexity index is 1350. The van der Waals surface area contributed by atoms with E-state index in [0.717, 1.165) is 0 Å². The molecule has 0 saturated carbocycles. The van der Waals surface area contributed by atoms with Crippen LogP contribution in [0.25, 0.3) is 0 Å². The zero-order valence-corrected chi connectivity index (χ0v) is 23.4. The number of rotatable bonds is 8. The highest BCUT2D eigenvalue weighted by Gasteiger charge is 2.33. The number of benzene rings is 2. The Balaban J connectivity index is 1.34. The molecule has 208 valence electrons. The molecule has 0 spiro atoms. The summed E-state index contributed by atoms with van der Waals surface area (Å²) in [5.74, 6) is 0.181. The third kappa shape index (κ3) is 5.96. The molecule has 13 heteroatoms. The summed E-state index contributed by atoms with van der Waals surface area (Å²) >= 11 is 0. The van der Waals surface area contributed by atoms with Crippen molar-refractivity contribution in [3.05, 3.63) is 42.5 Å². The van der Waals surface area contributed by atoms with E-state index >= 15 is 0 Å². The van der Waals surface area contributed by atoms with Gasteiger partial charge in [-0.2, -0.15) is 8.61 Å². The van der Waals surface area contributed by atoms with Crippen molar-refractivity contribution in [3.8, 4) is 11.5 Å². The van der Waals surface area contributed by atoms with Crippen molar-refractivity contribution in [2.45, 2.75) is 22.6 Å². The lowest BCUT2D eigenvalue weighted by Gasteiger charge is -2.31. The first-order valence-electron chi connectivity index (χ1n) is 12.4. The van der Waals surface area contributed by atoms with E-state index in [-0.39, 0.29) is 34.7 Å². The number of piperidine rings is 1. The molecule has 0 atom stereocenters. The third-order valence-corrected chi connectivity index (χ3v) is 10.8. The molecule has 2 aliphatic rings. The number of nitrogens with zero attached hydrogens (tertiary/aromatic N) is 3. The molecule has 0 aliphatic carbocycles. The van der Waals surface area contributed by atoms with Gasteiger partial charge in [0.1, 0.15) is 0 Å². The first kappa shape index (κ1) is 28.3. The van der Waals surface area contributed by atoms with Crippen LogP contribution in [0.15, 0.2) is 52.3 Å². The second kappa shape index (κ2) is 11.6. The van der Waals surface area contributed by atoms with Gasteiger partial charge in [-0.25, -0.2) is 16.8 Å². The third-order valence-electron chi connectivity index (χ3n) is 7.04. The van der Waals surface area contributed by atoms with E-state index < -0.39 is 20.0 Å². The van der Waals surface area contributed by atoms with E-state index in [9.17, 15) is 21.6 Å². The molecule has 1 amide bonds. The smallest absolute Gasteiger partial charge is 0.243 e. The van der Waals surface area contributed by atoms with Gasteiger partial charge < -0.3 is 19.7 Å². The van der Waals surface area contributed by atoms with Crippen LogP contribution in [0.5, 0.6) is 11.5 Å². The fourth-order valence-electron chi connectivity index (χ4n) is 4.62. The van der Waals surface area contributed by atoms with Gasteiger partial charge in [-0.3, -0.25) is 4.79 Å². The molecule has 2 aromatic rings. The Morgan fingerprint density at radius 1 is 0.763 bits per heavy atom. The normalized spacial score (nSPS) is 18.7. The van der Waals surface area contributed by atoms with E-state index in [1.54, 1.807) is 18.2 Å². The van der Waals surface area contributed by atoms with E-state index in [1.165, 1.54) is 47.1 Å². The van der Waals surface area contributed by atoms with Crippen LogP contribution in [-0.4, -0.2) is 96.8 Å². The Morgan fingerprint density at radius 3 is 1.87 bits per heavy atom. The lowest BCUT2D eigenvalue weighted by atomic mass is 9.97. The largest absolute Gasteiger partial charge is 0.493 e. The van der Waals surface area contributed by atoms with Crippen LogP contribution in [0.3, 0.4) is 0 Å². The number of likely N-dealkylation sites (N-methyl/N-ethyl adjacent to an activating group) is 1. The molecule has 1 N–H and O–H groups in total. The molecule has 2 heterocycles. The number of nitrogens with one attached hydrogen (secondary N) is 1.